The fourth-order valence-electron chi connectivity index (χ4n) is 5.11. The van der Waals surface area contributed by atoms with Gasteiger partial charge in [0.2, 0.25) is 0 Å². The average Bonchev–Trinajstić information content (AvgIpc) is 2.99. The van der Waals surface area contributed by atoms with Crippen LogP contribution in [0.4, 0.5) is 0 Å². The van der Waals surface area contributed by atoms with Gasteiger partial charge in [0.05, 0.1) is 19.8 Å². The lowest BCUT2D eigenvalue weighted by molar-refractivity contribution is -0.154. The molecule has 0 rings (SSSR count). The minimum Gasteiger partial charge on any atom is -0.457 e. The van der Waals surface area contributed by atoms with Crippen LogP contribution in [0.5, 0.6) is 0 Å². The van der Waals surface area contributed by atoms with E-state index in [2.05, 4.69) is 13.8 Å². The third kappa shape index (κ3) is 32.7. The number of nitrogens with two attached hydrogens (primary N) is 1. The Morgan fingerprint density at radius 2 is 1.02 bits per heavy atom. The zero-order valence-corrected chi connectivity index (χ0v) is 29.1. The maximum Gasteiger partial charge on any atom is 0.472 e. The summed E-state index contributed by atoms with van der Waals surface area (Å²) >= 11 is 0. The number of ether oxygens (including phenoxy) is 2. The first-order valence-corrected chi connectivity index (χ1v) is 19.5. The number of rotatable bonds is 35. The van der Waals surface area contributed by atoms with Gasteiger partial charge in [-0.05, 0) is 12.8 Å². The minimum atomic E-state index is -4.26. The van der Waals surface area contributed by atoms with Crippen molar-refractivity contribution < 1.29 is 32.8 Å². The molecule has 0 fully saturated rings. The van der Waals surface area contributed by atoms with E-state index in [0.29, 0.717) is 13.0 Å². The lowest BCUT2D eigenvalue weighted by Gasteiger charge is -2.20. The van der Waals surface area contributed by atoms with Crippen molar-refractivity contribution in [3.8, 4) is 0 Å². The molecule has 0 aromatic heterocycles. The van der Waals surface area contributed by atoms with E-state index in [4.69, 9.17) is 24.3 Å². The minimum absolute atomic E-state index is 0.0906. The molecule has 43 heavy (non-hydrogen) atoms. The molecule has 0 spiro atoms. The number of phosphoric ester groups is 1. The zero-order valence-electron chi connectivity index (χ0n) is 28.2. The summed E-state index contributed by atoms with van der Waals surface area (Å²) in [6, 6.07) is 0. The predicted octanol–water partition coefficient (Wildman–Crippen LogP) is 9.80. The summed E-state index contributed by atoms with van der Waals surface area (Å²) in [5.74, 6) is -0.328. The van der Waals surface area contributed by atoms with Gasteiger partial charge in [0.25, 0.3) is 0 Å². The molecule has 0 aromatic carbocycles. The van der Waals surface area contributed by atoms with Gasteiger partial charge >= 0.3 is 13.8 Å². The molecule has 0 aliphatic rings. The van der Waals surface area contributed by atoms with E-state index in [-0.39, 0.29) is 32.3 Å². The molecule has 0 amide bonds. The van der Waals surface area contributed by atoms with E-state index in [9.17, 15) is 14.3 Å². The maximum absolute atomic E-state index is 12.5. The Bertz CT molecular complexity index is 638. The van der Waals surface area contributed by atoms with E-state index < -0.39 is 13.9 Å². The fraction of sp³-hybridized carbons (Fsp3) is 0.971. The second kappa shape index (κ2) is 32.9. The smallest absolute Gasteiger partial charge is 0.457 e. The molecular formula is C34H70NO7P. The average molecular weight is 636 g/mol. The Morgan fingerprint density at radius 1 is 0.605 bits per heavy atom. The second-order valence-electron chi connectivity index (χ2n) is 12.1. The van der Waals surface area contributed by atoms with Crippen LogP contribution in [-0.4, -0.2) is 49.9 Å². The molecule has 9 heteroatoms. The van der Waals surface area contributed by atoms with Gasteiger partial charge < -0.3 is 20.1 Å². The number of phosphoric acid groups is 1. The highest BCUT2D eigenvalue weighted by molar-refractivity contribution is 7.47. The fourth-order valence-corrected chi connectivity index (χ4v) is 5.88. The SMILES string of the molecule is CCCCCCCCCCCCCCOC[C@H](COP(=O)(O)OCCN)OC(=O)CCCCCCCCCCCCCC. The topological polar surface area (TPSA) is 117 Å². The van der Waals surface area contributed by atoms with Gasteiger partial charge in [0, 0.05) is 19.6 Å². The van der Waals surface area contributed by atoms with Gasteiger partial charge in [-0.2, -0.15) is 0 Å². The molecule has 258 valence electrons. The first-order chi connectivity index (χ1) is 20.9. The van der Waals surface area contributed by atoms with Crippen molar-refractivity contribution in [3.05, 3.63) is 0 Å². The van der Waals surface area contributed by atoms with Crippen molar-refractivity contribution in [1.29, 1.82) is 0 Å². The van der Waals surface area contributed by atoms with Gasteiger partial charge in [0.1, 0.15) is 6.10 Å². The molecule has 3 N–H and O–H groups in total. The standard InChI is InChI=1S/C34H70NO7P/c1-3-5-7-9-11-13-15-17-19-21-23-25-27-34(36)42-33(32-41-43(37,38)40-30-28-35)31-39-29-26-24-22-20-18-16-14-12-10-8-6-4-2/h33H,3-32,35H2,1-2H3,(H,37,38)/t33-/m1/s1. The molecule has 0 heterocycles. The third-order valence-corrected chi connectivity index (χ3v) is 8.76. The Kier molecular flexibility index (Phi) is 32.5. The number of hydrogen-bond donors (Lipinski definition) is 2. The Morgan fingerprint density at radius 3 is 1.47 bits per heavy atom. The van der Waals surface area contributed by atoms with Gasteiger partial charge in [-0.25, -0.2) is 4.57 Å². The van der Waals surface area contributed by atoms with E-state index in [1.807, 2.05) is 0 Å². The predicted molar refractivity (Wildman–Crippen MR) is 178 cm³/mol. The summed E-state index contributed by atoms with van der Waals surface area (Å²) in [4.78, 5) is 22.3. The van der Waals surface area contributed by atoms with Gasteiger partial charge in [0.15, 0.2) is 0 Å². The van der Waals surface area contributed by atoms with E-state index in [1.165, 1.54) is 122 Å². The summed E-state index contributed by atoms with van der Waals surface area (Å²) in [7, 11) is -4.26. The van der Waals surface area contributed by atoms with Crippen molar-refractivity contribution in [1.82, 2.24) is 0 Å². The normalized spacial score (nSPS) is 13.7. The lowest BCUT2D eigenvalue weighted by atomic mass is 10.0. The first-order valence-electron chi connectivity index (χ1n) is 18.0. The summed E-state index contributed by atoms with van der Waals surface area (Å²) in [5, 5.41) is 0. The Hall–Kier alpha value is -0.500. The van der Waals surface area contributed by atoms with Crippen LogP contribution < -0.4 is 5.73 Å². The highest BCUT2D eigenvalue weighted by Crippen LogP contribution is 2.43. The third-order valence-electron chi connectivity index (χ3n) is 7.77. The Balaban J connectivity index is 4.08. The van der Waals surface area contributed by atoms with Crippen molar-refractivity contribution in [3.63, 3.8) is 0 Å². The van der Waals surface area contributed by atoms with Crippen molar-refractivity contribution in [2.45, 2.75) is 180 Å². The quantitative estimate of drug-likeness (QED) is 0.0401. The van der Waals surface area contributed by atoms with Crippen LogP contribution in [0.25, 0.3) is 0 Å². The van der Waals surface area contributed by atoms with Crippen LogP contribution in [0.2, 0.25) is 0 Å². The Labute approximate surface area is 265 Å². The van der Waals surface area contributed by atoms with Gasteiger partial charge in [-0.15, -0.1) is 0 Å². The van der Waals surface area contributed by atoms with Crippen LogP contribution >= 0.6 is 7.82 Å². The van der Waals surface area contributed by atoms with Crippen LogP contribution in [0, 0.1) is 0 Å². The largest absolute Gasteiger partial charge is 0.472 e. The van der Waals surface area contributed by atoms with Crippen molar-refractivity contribution in [2.24, 2.45) is 5.73 Å². The summed E-state index contributed by atoms with van der Waals surface area (Å²) < 4.78 is 33.2. The van der Waals surface area contributed by atoms with Crippen LogP contribution in [0.15, 0.2) is 0 Å². The number of hydrogen-bond acceptors (Lipinski definition) is 7. The van der Waals surface area contributed by atoms with Crippen LogP contribution in [0.3, 0.4) is 0 Å². The lowest BCUT2D eigenvalue weighted by Crippen LogP contribution is -2.28. The van der Waals surface area contributed by atoms with Crippen LogP contribution in [0.1, 0.15) is 174 Å². The zero-order chi connectivity index (χ0) is 31.7. The molecule has 8 nitrogen and oxygen atoms in total. The number of unbranched alkanes of at least 4 members (excludes halogenated alkanes) is 22. The van der Waals surface area contributed by atoms with Crippen LogP contribution in [-0.2, 0) is 27.9 Å². The highest BCUT2D eigenvalue weighted by atomic mass is 31.2. The van der Waals surface area contributed by atoms with Gasteiger partial charge in [-0.3, -0.25) is 13.8 Å². The van der Waals surface area contributed by atoms with Gasteiger partial charge in [-0.1, -0.05) is 155 Å². The molecular weight excluding hydrogens is 565 g/mol. The molecule has 1 unspecified atom stereocenters. The van der Waals surface area contributed by atoms with E-state index in [1.54, 1.807) is 0 Å². The molecule has 0 bridgehead atoms. The molecule has 0 aromatic rings. The van der Waals surface area contributed by atoms with Crippen molar-refractivity contribution >= 4 is 13.8 Å². The van der Waals surface area contributed by atoms with Crippen molar-refractivity contribution in [2.75, 3.05) is 33.0 Å². The summed E-state index contributed by atoms with van der Waals surface area (Å²) in [6.45, 7) is 4.94. The number of carbonyl (C=O) groups excluding carboxylic acids is 1. The molecule has 2 atom stereocenters. The van der Waals surface area contributed by atoms with E-state index in [0.717, 1.165) is 32.1 Å². The summed E-state index contributed by atoms with van der Waals surface area (Å²) in [5.41, 5.74) is 5.34. The second-order valence-corrected chi connectivity index (χ2v) is 13.6. The highest BCUT2D eigenvalue weighted by Gasteiger charge is 2.25. The maximum atomic E-state index is 12.5. The summed E-state index contributed by atoms with van der Waals surface area (Å²) in [6.07, 6.45) is 29.6. The first kappa shape index (κ1) is 42.5. The molecule has 0 saturated heterocycles. The number of esters is 1. The molecule has 0 aliphatic carbocycles. The monoisotopic (exact) mass is 635 g/mol. The number of carbonyl (C=O) groups is 1. The molecule has 0 radical (unpaired) electrons. The molecule has 0 aliphatic heterocycles. The molecule has 0 saturated carbocycles. The van der Waals surface area contributed by atoms with E-state index >= 15 is 0 Å².